The van der Waals surface area contributed by atoms with Gasteiger partial charge in [0.2, 0.25) is 5.91 Å². The minimum Gasteiger partial charge on any atom is -0.461 e. The number of aliphatic hydroxyl groups excluding tert-OH is 2. The van der Waals surface area contributed by atoms with Gasteiger partial charge in [-0.2, -0.15) is 0 Å². The number of carbonyl (C=O) groups is 1. The first kappa shape index (κ1) is 13.7. The van der Waals surface area contributed by atoms with E-state index < -0.39 is 12.2 Å². The van der Waals surface area contributed by atoms with Crippen molar-refractivity contribution in [3.05, 3.63) is 23.7 Å². The molecule has 0 bridgehead atoms. The van der Waals surface area contributed by atoms with Crippen molar-refractivity contribution < 1.29 is 24.2 Å². The van der Waals surface area contributed by atoms with Crippen molar-refractivity contribution >= 4 is 5.91 Å². The molecule has 0 aliphatic rings. The zero-order valence-electron chi connectivity index (χ0n) is 9.84. The van der Waals surface area contributed by atoms with Crippen molar-refractivity contribution in [3.8, 4) is 0 Å². The highest BCUT2D eigenvalue weighted by atomic mass is 16.5. The maximum Gasteiger partial charge on any atom is 0.216 e. The van der Waals surface area contributed by atoms with Gasteiger partial charge in [-0.15, -0.1) is 0 Å². The molecule has 0 aliphatic heterocycles. The first-order valence-corrected chi connectivity index (χ1v) is 5.22. The van der Waals surface area contributed by atoms with Crippen LogP contribution in [0.3, 0.4) is 0 Å². The van der Waals surface area contributed by atoms with E-state index in [0.29, 0.717) is 12.4 Å². The monoisotopic (exact) mass is 243 g/mol. The van der Waals surface area contributed by atoms with Gasteiger partial charge in [-0.1, -0.05) is 0 Å². The quantitative estimate of drug-likeness (QED) is 0.652. The topological polar surface area (TPSA) is 91.9 Å². The van der Waals surface area contributed by atoms with Gasteiger partial charge >= 0.3 is 0 Å². The highest BCUT2D eigenvalue weighted by molar-refractivity contribution is 5.72. The van der Waals surface area contributed by atoms with Crippen LogP contribution in [0.1, 0.15) is 24.5 Å². The van der Waals surface area contributed by atoms with E-state index in [9.17, 15) is 15.0 Å². The van der Waals surface area contributed by atoms with Gasteiger partial charge in [0.05, 0.1) is 0 Å². The standard InChI is InChI=1S/C11H17NO5/c1-7(13)12-5-9(14)11(15)10-4-3-8(17-10)6-16-2/h3-4,9,11,14-15H,5-6H2,1-2H3,(H,12,13). The number of aliphatic hydroxyl groups is 2. The van der Waals surface area contributed by atoms with Crippen LogP contribution in [0.4, 0.5) is 0 Å². The number of amides is 1. The Morgan fingerprint density at radius 3 is 2.82 bits per heavy atom. The van der Waals surface area contributed by atoms with Crippen LogP contribution in [0, 0.1) is 0 Å². The number of rotatable bonds is 6. The summed E-state index contributed by atoms with van der Waals surface area (Å²) in [6.45, 7) is 1.61. The Morgan fingerprint density at radius 1 is 1.53 bits per heavy atom. The lowest BCUT2D eigenvalue weighted by Crippen LogP contribution is -2.34. The molecule has 96 valence electrons. The number of ether oxygens (including phenoxy) is 1. The molecule has 0 radical (unpaired) electrons. The summed E-state index contributed by atoms with van der Waals surface area (Å²) >= 11 is 0. The molecule has 0 saturated heterocycles. The van der Waals surface area contributed by atoms with Crippen molar-refractivity contribution in [2.45, 2.75) is 25.7 Å². The summed E-state index contributed by atoms with van der Waals surface area (Å²) in [5.41, 5.74) is 0. The van der Waals surface area contributed by atoms with Crippen molar-refractivity contribution in [2.24, 2.45) is 0 Å². The lowest BCUT2D eigenvalue weighted by Gasteiger charge is -2.15. The lowest BCUT2D eigenvalue weighted by molar-refractivity contribution is -0.119. The molecule has 0 spiro atoms. The molecular weight excluding hydrogens is 226 g/mol. The molecule has 3 N–H and O–H groups in total. The SMILES string of the molecule is COCc1ccc(C(O)C(O)CNC(C)=O)o1. The van der Waals surface area contributed by atoms with E-state index in [1.54, 1.807) is 12.1 Å². The minimum atomic E-state index is -1.17. The minimum absolute atomic E-state index is 0.0309. The molecule has 17 heavy (non-hydrogen) atoms. The van der Waals surface area contributed by atoms with Gasteiger partial charge in [0, 0.05) is 20.6 Å². The van der Waals surface area contributed by atoms with Crippen LogP contribution in [0.5, 0.6) is 0 Å². The molecule has 1 aromatic heterocycles. The molecule has 0 aliphatic carbocycles. The summed E-state index contributed by atoms with van der Waals surface area (Å²) in [5, 5.41) is 21.8. The molecule has 1 heterocycles. The summed E-state index contributed by atoms with van der Waals surface area (Å²) in [4.78, 5) is 10.7. The highest BCUT2D eigenvalue weighted by Crippen LogP contribution is 2.20. The molecule has 0 saturated carbocycles. The van der Waals surface area contributed by atoms with Crippen LogP contribution in [0.15, 0.2) is 16.5 Å². The number of hydrogen-bond donors (Lipinski definition) is 3. The smallest absolute Gasteiger partial charge is 0.216 e. The number of methoxy groups -OCH3 is 1. The summed E-state index contributed by atoms with van der Waals surface area (Å²) < 4.78 is 10.1. The zero-order chi connectivity index (χ0) is 12.8. The average molecular weight is 243 g/mol. The fourth-order valence-electron chi connectivity index (χ4n) is 1.32. The van der Waals surface area contributed by atoms with E-state index in [1.165, 1.54) is 14.0 Å². The molecule has 0 fully saturated rings. The lowest BCUT2D eigenvalue weighted by atomic mass is 10.1. The summed E-state index contributed by atoms with van der Waals surface area (Å²) in [7, 11) is 1.53. The number of nitrogens with one attached hydrogen (secondary N) is 1. The summed E-state index contributed by atoms with van der Waals surface area (Å²) in [5.74, 6) is 0.541. The fraction of sp³-hybridized carbons (Fsp3) is 0.545. The molecule has 2 atom stereocenters. The Bertz CT molecular complexity index is 362. The van der Waals surface area contributed by atoms with Gasteiger partial charge in [-0.25, -0.2) is 0 Å². The van der Waals surface area contributed by atoms with Gasteiger partial charge in [-0.3, -0.25) is 4.79 Å². The predicted octanol–water partition coefficient (Wildman–Crippen LogP) is -0.0436. The molecule has 2 unspecified atom stereocenters. The third kappa shape index (κ3) is 4.18. The molecule has 6 heteroatoms. The Kier molecular flexibility index (Phi) is 5.14. The van der Waals surface area contributed by atoms with Crippen LogP contribution in [0.2, 0.25) is 0 Å². The third-order valence-corrected chi connectivity index (χ3v) is 2.19. The van der Waals surface area contributed by atoms with Crippen LogP contribution in [-0.2, 0) is 16.1 Å². The number of hydrogen-bond acceptors (Lipinski definition) is 5. The normalized spacial score (nSPS) is 14.4. The Morgan fingerprint density at radius 2 is 2.24 bits per heavy atom. The summed E-state index contributed by atoms with van der Waals surface area (Å²) in [6, 6.07) is 3.23. The van der Waals surface area contributed by atoms with Gasteiger partial charge in [0.1, 0.15) is 30.3 Å². The van der Waals surface area contributed by atoms with Gasteiger partial charge in [-0.05, 0) is 12.1 Å². The highest BCUT2D eigenvalue weighted by Gasteiger charge is 2.21. The Balaban J connectivity index is 2.54. The third-order valence-electron chi connectivity index (χ3n) is 2.19. The van der Waals surface area contributed by atoms with E-state index in [2.05, 4.69) is 5.32 Å². The van der Waals surface area contributed by atoms with Gasteiger partial charge in [0.15, 0.2) is 0 Å². The Hall–Kier alpha value is -1.37. The molecule has 1 amide bonds. The number of furan rings is 1. The fourth-order valence-corrected chi connectivity index (χ4v) is 1.32. The predicted molar refractivity (Wildman–Crippen MR) is 59.1 cm³/mol. The van der Waals surface area contributed by atoms with Gasteiger partial charge < -0.3 is 24.7 Å². The second-order valence-electron chi connectivity index (χ2n) is 3.69. The van der Waals surface area contributed by atoms with E-state index >= 15 is 0 Å². The molecule has 1 aromatic rings. The Labute approximate surface area is 99.2 Å². The van der Waals surface area contributed by atoms with Crippen LogP contribution >= 0.6 is 0 Å². The molecule has 1 rings (SSSR count). The summed E-state index contributed by atoms with van der Waals surface area (Å²) in [6.07, 6.45) is -2.28. The average Bonchev–Trinajstić information content (AvgIpc) is 2.74. The molecular formula is C11H17NO5. The van der Waals surface area contributed by atoms with Crippen molar-refractivity contribution in [3.63, 3.8) is 0 Å². The maximum atomic E-state index is 10.7. The number of carbonyl (C=O) groups excluding carboxylic acids is 1. The van der Waals surface area contributed by atoms with Crippen molar-refractivity contribution in [1.82, 2.24) is 5.32 Å². The maximum absolute atomic E-state index is 10.7. The van der Waals surface area contributed by atoms with Crippen LogP contribution in [0.25, 0.3) is 0 Å². The first-order valence-electron chi connectivity index (χ1n) is 5.22. The molecule has 0 aromatic carbocycles. The largest absolute Gasteiger partial charge is 0.461 e. The van der Waals surface area contributed by atoms with E-state index in [4.69, 9.17) is 9.15 Å². The van der Waals surface area contributed by atoms with E-state index in [-0.39, 0.29) is 18.2 Å². The molecule has 6 nitrogen and oxygen atoms in total. The second-order valence-corrected chi connectivity index (χ2v) is 3.69. The van der Waals surface area contributed by atoms with Crippen molar-refractivity contribution in [1.29, 1.82) is 0 Å². The van der Waals surface area contributed by atoms with E-state index in [1.807, 2.05) is 0 Å². The van der Waals surface area contributed by atoms with E-state index in [0.717, 1.165) is 0 Å². The zero-order valence-corrected chi connectivity index (χ0v) is 9.84. The van der Waals surface area contributed by atoms with Gasteiger partial charge in [0.25, 0.3) is 0 Å². The first-order chi connectivity index (χ1) is 8.04. The second kappa shape index (κ2) is 6.39. The van der Waals surface area contributed by atoms with Crippen LogP contribution in [-0.4, -0.2) is 35.9 Å². The van der Waals surface area contributed by atoms with Crippen LogP contribution < -0.4 is 5.32 Å². The van der Waals surface area contributed by atoms with Crippen molar-refractivity contribution in [2.75, 3.05) is 13.7 Å².